The lowest BCUT2D eigenvalue weighted by atomic mass is 10.1. The first-order valence-corrected chi connectivity index (χ1v) is 4.91. The molecule has 0 fully saturated rings. The molecule has 0 aromatic heterocycles. The Morgan fingerprint density at radius 2 is 2.25 bits per heavy atom. The van der Waals surface area contributed by atoms with Crippen LogP contribution in [0.3, 0.4) is 0 Å². The second-order valence-electron chi connectivity index (χ2n) is 3.14. The number of carbonyl (C=O) groups excluding carboxylic acids is 1. The molecule has 0 aliphatic rings. The zero-order chi connectivity index (χ0) is 12.0. The van der Waals surface area contributed by atoms with Crippen molar-refractivity contribution < 1.29 is 19.4 Å². The van der Waals surface area contributed by atoms with E-state index in [9.17, 15) is 4.79 Å². The summed E-state index contributed by atoms with van der Waals surface area (Å²) in [4.78, 5) is 11.7. The van der Waals surface area contributed by atoms with E-state index >= 15 is 0 Å². The highest BCUT2D eigenvalue weighted by Crippen LogP contribution is 2.24. The number of nitrogens with two attached hydrogens (primary N) is 1. The molecule has 0 aliphatic carbocycles. The minimum Gasteiger partial charge on any atom is -0.496 e. The van der Waals surface area contributed by atoms with Gasteiger partial charge in [0, 0.05) is 18.7 Å². The summed E-state index contributed by atoms with van der Waals surface area (Å²) in [7, 11) is 1.46. The molecule has 1 rings (SSSR count). The summed E-state index contributed by atoms with van der Waals surface area (Å²) < 4.78 is 9.96. The predicted molar refractivity (Wildman–Crippen MR) is 59.4 cm³/mol. The lowest BCUT2D eigenvalue weighted by Gasteiger charge is -2.10. The minimum atomic E-state index is -0.539. The van der Waals surface area contributed by atoms with Gasteiger partial charge in [0.15, 0.2) is 0 Å². The van der Waals surface area contributed by atoms with Crippen molar-refractivity contribution in [3.8, 4) is 5.75 Å². The number of hydrogen-bond acceptors (Lipinski definition) is 5. The Morgan fingerprint density at radius 3 is 2.88 bits per heavy atom. The zero-order valence-electron chi connectivity index (χ0n) is 9.10. The van der Waals surface area contributed by atoms with Gasteiger partial charge in [-0.15, -0.1) is 0 Å². The van der Waals surface area contributed by atoms with Gasteiger partial charge < -0.3 is 20.3 Å². The van der Waals surface area contributed by atoms with Crippen LogP contribution in [0.4, 0.5) is 5.69 Å². The first-order valence-electron chi connectivity index (χ1n) is 4.91. The summed E-state index contributed by atoms with van der Waals surface area (Å²) in [6.45, 7) is 0.140. The van der Waals surface area contributed by atoms with Gasteiger partial charge in [-0.05, 0) is 12.1 Å². The molecule has 88 valence electrons. The smallest absolute Gasteiger partial charge is 0.344 e. The molecule has 0 radical (unpaired) electrons. The average molecular weight is 225 g/mol. The molecule has 0 unspecified atom stereocenters. The van der Waals surface area contributed by atoms with Crippen LogP contribution in [0.25, 0.3) is 0 Å². The Bertz CT molecular complexity index is 365. The van der Waals surface area contributed by atoms with Crippen LogP contribution in [0.2, 0.25) is 0 Å². The number of benzene rings is 1. The van der Waals surface area contributed by atoms with Crippen LogP contribution >= 0.6 is 0 Å². The molecule has 1 aromatic rings. The molecule has 0 aliphatic heterocycles. The Hall–Kier alpha value is -1.75. The Kier molecular flexibility index (Phi) is 4.60. The molecule has 0 atom stereocenters. The molecule has 3 N–H and O–H groups in total. The van der Waals surface area contributed by atoms with Crippen LogP contribution in [0, 0.1) is 0 Å². The number of carbonyl (C=O) groups is 1. The van der Waals surface area contributed by atoms with Gasteiger partial charge in [-0.25, -0.2) is 4.79 Å². The van der Waals surface area contributed by atoms with E-state index in [1.54, 1.807) is 18.2 Å². The number of aliphatic hydroxyl groups is 1. The molecular weight excluding hydrogens is 210 g/mol. The van der Waals surface area contributed by atoms with Crippen molar-refractivity contribution >= 4 is 11.7 Å². The van der Waals surface area contributed by atoms with E-state index in [0.29, 0.717) is 17.9 Å². The van der Waals surface area contributed by atoms with Gasteiger partial charge >= 0.3 is 5.97 Å². The van der Waals surface area contributed by atoms with E-state index in [1.165, 1.54) is 7.11 Å². The lowest BCUT2D eigenvalue weighted by Crippen LogP contribution is -2.11. The fourth-order valence-electron chi connectivity index (χ4n) is 1.24. The fourth-order valence-corrected chi connectivity index (χ4v) is 1.24. The number of nitrogen functional groups attached to an aromatic ring is 1. The molecule has 5 nitrogen and oxygen atoms in total. The number of hydrogen-bond donors (Lipinski definition) is 2. The number of methoxy groups -OCH3 is 1. The maximum Gasteiger partial charge on any atom is 0.344 e. The minimum absolute atomic E-state index is 0.0192. The molecule has 5 heteroatoms. The lowest BCUT2D eigenvalue weighted by molar-refractivity contribution is 0.0480. The average Bonchev–Trinajstić information content (AvgIpc) is 2.28. The molecule has 0 saturated carbocycles. The Morgan fingerprint density at radius 1 is 1.50 bits per heavy atom. The van der Waals surface area contributed by atoms with Crippen LogP contribution in [0.1, 0.15) is 16.8 Å². The first-order chi connectivity index (χ1) is 7.70. The van der Waals surface area contributed by atoms with Gasteiger partial charge in [0.25, 0.3) is 0 Å². The highest BCUT2D eigenvalue weighted by Gasteiger charge is 2.16. The molecule has 0 spiro atoms. The van der Waals surface area contributed by atoms with Crippen LogP contribution < -0.4 is 10.5 Å². The van der Waals surface area contributed by atoms with E-state index in [4.69, 9.17) is 20.3 Å². The van der Waals surface area contributed by atoms with E-state index in [2.05, 4.69) is 0 Å². The first kappa shape index (κ1) is 12.3. The van der Waals surface area contributed by atoms with Gasteiger partial charge in [0.1, 0.15) is 11.3 Å². The molecule has 0 heterocycles. The molecule has 0 bridgehead atoms. The van der Waals surface area contributed by atoms with Crippen molar-refractivity contribution in [3.63, 3.8) is 0 Å². The van der Waals surface area contributed by atoms with Gasteiger partial charge in [-0.3, -0.25) is 0 Å². The molecule has 0 amide bonds. The molecule has 0 saturated heterocycles. The summed E-state index contributed by atoms with van der Waals surface area (Å²) in [5, 5.41) is 8.56. The van der Waals surface area contributed by atoms with Crippen LogP contribution in [0.15, 0.2) is 18.2 Å². The van der Waals surface area contributed by atoms with E-state index in [-0.39, 0.29) is 18.8 Å². The molecule has 16 heavy (non-hydrogen) atoms. The van der Waals surface area contributed by atoms with Crippen molar-refractivity contribution in [1.82, 2.24) is 0 Å². The van der Waals surface area contributed by atoms with Crippen molar-refractivity contribution in [2.75, 3.05) is 26.1 Å². The maximum absolute atomic E-state index is 11.7. The number of esters is 1. The SMILES string of the molecule is COc1cccc(N)c1C(=O)OCCCO. The van der Waals surface area contributed by atoms with Crippen molar-refractivity contribution in [2.45, 2.75) is 6.42 Å². The van der Waals surface area contributed by atoms with Crippen LogP contribution in [-0.2, 0) is 4.74 Å². The third-order valence-electron chi connectivity index (χ3n) is 2.02. The van der Waals surface area contributed by atoms with Gasteiger partial charge in [0.2, 0.25) is 0 Å². The number of rotatable bonds is 5. The normalized spacial score (nSPS) is 9.88. The van der Waals surface area contributed by atoms with E-state index in [0.717, 1.165) is 0 Å². The van der Waals surface area contributed by atoms with Crippen molar-refractivity contribution in [1.29, 1.82) is 0 Å². The summed E-state index contributed by atoms with van der Waals surface area (Å²) >= 11 is 0. The standard InChI is InChI=1S/C11H15NO4/c1-15-9-5-2-4-8(12)10(9)11(14)16-7-3-6-13/h2,4-5,13H,3,6-7,12H2,1H3. The van der Waals surface area contributed by atoms with Crippen LogP contribution in [0.5, 0.6) is 5.75 Å². The monoisotopic (exact) mass is 225 g/mol. The van der Waals surface area contributed by atoms with E-state index in [1.807, 2.05) is 0 Å². The largest absolute Gasteiger partial charge is 0.496 e. The summed E-state index contributed by atoms with van der Waals surface area (Å²) in [5.41, 5.74) is 6.21. The van der Waals surface area contributed by atoms with Crippen LogP contribution in [-0.4, -0.2) is 31.4 Å². The number of aliphatic hydroxyl groups excluding tert-OH is 1. The highest BCUT2D eigenvalue weighted by atomic mass is 16.5. The third kappa shape index (κ3) is 2.87. The Balaban J connectivity index is 2.81. The van der Waals surface area contributed by atoms with Gasteiger partial charge in [-0.1, -0.05) is 6.07 Å². The van der Waals surface area contributed by atoms with Crippen molar-refractivity contribution in [3.05, 3.63) is 23.8 Å². The third-order valence-corrected chi connectivity index (χ3v) is 2.02. The van der Waals surface area contributed by atoms with E-state index < -0.39 is 5.97 Å². The topological polar surface area (TPSA) is 81.8 Å². The highest BCUT2D eigenvalue weighted by molar-refractivity contribution is 5.98. The molecule has 1 aromatic carbocycles. The summed E-state index contributed by atoms with van der Waals surface area (Å²) in [5.74, 6) is -0.155. The fraction of sp³-hybridized carbons (Fsp3) is 0.364. The number of ether oxygens (including phenoxy) is 2. The zero-order valence-corrected chi connectivity index (χ0v) is 9.10. The summed E-state index contributed by atoms with van der Waals surface area (Å²) in [6.07, 6.45) is 0.404. The van der Waals surface area contributed by atoms with Crippen molar-refractivity contribution in [2.24, 2.45) is 0 Å². The predicted octanol–water partition coefficient (Wildman–Crippen LogP) is 0.817. The van der Waals surface area contributed by atoms with Gasteiger partial charge in [-0.2, -0.15) is 0 Å². The quantitative estimate of drug-likeness (QED) is 0.440. The second kappa shape index (κ2) is 5.97. The van der Waals surface area contributed by atoms with Gasteiger partial charge in [0.05, 0.1) is 13.7 Å². The number of anilines is 1. The second-order valence-corrected chi connectivity index (χ2v) is 3.14. The maximum atomic E-state index is 11.7. The Labute approximate surface area is 93.8 Å². The summed E-state index contributed by atoms with van der Waals surface area (Å²) in [6, 6.07) is 4.93. The molecular formula is C11H15NO4.